The fraction of sp³-hybridized carbons (Fsp3) is 0.0426. The summed E-state index contributed by atoms with van der Waals surface area (Å²) in [5.74, 6) is 0.966. The normalized spacial score (nSPS) is 14.3. The van der Waals surface area contributed by atoms with Gasteiger partial charge in [0.15, 0.2) is 0 Å². The number of benzene rings is 8. The molecule has 0 aliphatic heterocycles. The second kappa shape index (κ2) is 12.1. The van der Waals surface area contributed by atoms with Gasteiger partial charge in [0.05, 0.1) is 24.7 Å². The summed E-state index contributed by atoms with van der Waals surface area (Å²) in [7, 11) is 0. The van der Waals surface area contributed by atoms with E-state index in [2.05, 4.69) is 54.0 Å². The average molecular weight is 637 g/mol. The minimum absolute atomic E-state index is 0.0614. The van der Waals surface area contributed by atoms with Crippen LogP contribution < -0.4 is 0 Å². The van der Waals surface area contributed by atoms with Gasteiger partial charge in [-0.15, -0.1) is 0 Å². The molecule has 232 valence electrons. The quantitative estimate of drug-likeness (QED) is 0.166. The van der Waals surface area contributed by atoms with E-state index >= 15 is 0 Å². The summed E-state index contributed by atoms with van der Waals surface area (Å²) in [6.45, 7) is 2.10. The molecule has 9 rings (SSSR count). The van der Waals surface area contributed by atoms with Gasteiger partial charge < -0.3 is 0 Å². The second-order valence-electron chi connectivity index (χ2n) is 11.9. The third-order valence-electron chi connectivity index (χ3n) is 9.09. The van der Waals surface area contributed by atoms with E-state index in [0.717, 1.165) is 67.2 Å². The molecule has 49 heavy (non-hydrogen) atoms. The minimum atomic E-state index is -0.532. The predicted octanol–water partition coefficient (Wildman–Crippen LogP) is 12.6. The lowest BCUT2D eigenvalue weighted by molar-refractivity contribution is 0.908. The van der Waals surface area contributed by atoms with Gasteiger partial charge in [0.25, 0.3) is 0 Å². The number of rotatable bonds is 6. The Balaban J connectivity index is 1.33. The third kappa shape index (κ3) is 5.01. The van der Waals surface area contributed by atoms with Crippen molar-refractivity contribution < 1.29 is 13.7 Å². The van der Waals surface area contributed by atoms with Crippen LogP contribution in [0.15, 0.2) is 176 Å². The molecule has 0 radical (unpaired) electrons. The number of nitrogens with zero attached hydrogens (tertiary/aromatic N) is 2. The van der Waals surface area contributed by atoms with Crippen molar-refractivity contribution in [3.63, 3.8) is 0 Å². The molecule has 0 bridgehead atoms. The Kier molecular flexibility index (Phi) is 4.98. The van der Waals surface area contributed by atoms with Crippen molar-refractivity contribution in [2.75, 3.05) is 0 Å². The van der Waals surface area contributed by atoms with E-state index in [1.807, 2.05) is 54.6 Å². The SMILES string of the molecule is [2H]c1c([2H])c([2H])c(-c2cc(-c3c([2H])c([2H])c([2H])c([2H])c3[2H])cc(-c3c4ccccc4c(-c4ccc(-n5c(CC)nc6ccccc65)cc4)c4ccccc34)c2)c([2H])c1[2H]. The molecule has 0 fully saturated rings. The highest BCUT2D eigenvalue weighted by molar-refractivity contribution is 6.21. The van der Waals surface area contributed by atoms with Gasteiger partial charge in [-0.2, -0.15) is 0 Å². The van der Waals surface area contributed by atoms with Crippen molar-refractivity contribution in [2.45, 2.75) is 13.3 Å². The second-order valence-corrected chi connectivity index (χ2v) is 11.9. The van der Waals surface area contributed by atoms with Crippen LogP contribution in [0.5, 0.6) is 0 Å². The topological polar surface area (TPSA) is 17.8 Å². The van der Waals surface area contributed by atoms with Crippen molar-refractivity contribution in [3.8, 4) is 50.2 Å². The molecule has 1 heterocycles. The molecule has 0 atom stereocenters. The number of para-hydroxylation sites is 2. The van der Waals surface area contributed by atoms with E-state index < -0.39 is 60.4 Å². The summed E-state index contributed by atoms with van der Waals surface area (Å²) in [6, 6.07) is 32.9. The lowest BCUT2D eigenvalue weighted by Crippen LogP contribution is -2.00. The van der Waals surface area contributed by atoms with Crippen molar-refractivity contribution in [1.29, 1.82) is 0 Å². The zero-order chi connectivity index (χ0) is 41.4. The van der Waals surface area contributed by atoms with Crippen LogP contribution >= 0.6 is 0 Å². The van der Waals surface area contributed by atoms with Gasteiger partial charge in [0.2, 0.25) is 0 Å². The Labute approximate surface area is 300 Å². The van der Waals surface area contributed by atoms with Gasteiger partial charge in [-0.25, -0.2) is 4.98 Å². The molecule has 9 aromatic rings. The number of aromatic nitrogens is 2. The molecule has 0 aliphatic rings. The molecule has 0 unspecified atom stereocenters. The van der Waals surface area contributed by atoms with E-state index in [1.54, 1.807) is 18.2 Å². The van der Waals surface area contributed by atoms with Crippen LogP contribution in [0.2, 0.25) is 0 Å². The van der Waals surface area contributed by atoms with Crippen LogP contribution in [0.4, 0.5) is 0 Å². The molecule has 0 saturated carbocycles. The molecule has 0 aliphatic carbocycles. The first-order valence-corrected chi connectivity index (χ1v) is 16.2. The zero-order valence-corrected chi connectivity index (χ0v) is 26.6. The fourth-order valence-corrected chi connectivity index (χ4v) is 6.98. The number of imidazole rings is 1. The summed E-state index contributed by atoms with van der Waals surface area (Å²) in [5, 5.41) is 3.61. The summed E-state index contributed by atoms with van der Waals surface area (Å²) >= 11 is 0. The molecular weight excluding hydrogens is 593 g/mol. The van der Waals surface area contributed by atoms with Crippen LogP contribution in [-0.2, 0) is 6.42 Å². The number of hydrogen-bond donors (Lipinski definition) is 0. The van der Waals surface area contributed by atoms with Crippen LogP contribution in [0.25, 0.3) is 82.8 Å². The van der Waals surface area contributed by atoms with E-state index in [-0.39, 0.29) is 22.3 Å². The van der Waals surface area contributed by atoms with Crippen LogP contribution in [0, 0.1) is 0 Å². The lowest BCUT2D eigenvalue weighted by Gasteiger charge is -2.19. The molecule has 0 N–H and O–H groups in total. The lowest BCUT2D eigenvalue weighted by atomic mass is 9.84. The number of aryl methyl sites for hydroxylation is 1. The van der Waals surface area contributed by atoms with Crippen molar-refractivity contribution in [2.24, 2.45) is 0 Å². The van der Waals surface area contributed by atoms with E-state index in [4.69, 9.17) is 18.7 Å². The molecule has 0 saturated heterocycles. The highest BCUT2D eigenvalue weighted by atomic mass is 15.1. The summed E-state index contributed by atoms with van der Waals surface area (Å²) < 4.78 is 88.0. The summed E-state index contributed by atoms with van der Waals surface area (Å²) in [5.41, 5.74) is 6.67. The van der Waals surface area contributed by atoms with Crippen molar-refractivity contribution >= 4 is 32.6 Å². The third-order valence-corrected chi connectivity index (χ3v) is 9.09. The largest absolute Gasteiger partial charge is 0.296 e. The Hall–Kier alpha value is -6.25. The summed E-state index contributed by atoms with van der Waals surface area (Å²) in [6.07, 6.45) is 0.767. The van der Waals surface area contributed by atoms with E-state index in [0.29, 0.717) is 5.56 Å². The van der Waals surface area contributed by atoms with Gasteiger partial charge in [0.1, 0.15) is 5.82 Å². The molecule has 2 nitrogen and oxygen atoms in total. The van der Waals surface area contributed by atoms with Gasteiger partial charge in [-0.3, -0.25) is 4.57 Å². The molecule has 2 heteroatoms. The van der Waals surface area contributed by atoms with Gasteiger partial charge >= 0.3 is 0 Å². The van der Waals surface area contributed by atoms with Gasteiger partial charge in [-0.1, -0.05) is 140 Å². The first kappa shape index (κ1) is 20.2. The van der Waals surface area contributed by atoms with E-state index in [9.17, 15) is 0 Å². The summed E-state index contributed by atoms with van der Waals surface area (Å²) in [4.78, 5) is 4.87. The number of hydrogen-bond acceptors (Lipinski definition) is 1. The predicted molar refractivity (Wildman–Crippen MR) is 207 cm³/mol. The molecule has 0 amide bonds. The Morgan fingerprint density at radius 2 is 0.959 bits per heavy atom. The van der Waals surface area contributed by atoms with Crippen LogP contribution in [0.3, 0.4) is 0 Å². The molecule has 0 spiro atoms. The van der Waals surface area contributed by atoms with Crippen molar-refractivity contribution in [3.05, 3.63) is 182 Å². The molecule has 8 aromatic carbocycles. The Morgan fingerprint density at radius 3 is 1.49 bits per heavy atom. The van der Waals surface area contributed by atoms with Crippen LogP contribution in [-0.4, -0.2) is 9.55 Å². The Bertz CT molecular complexity index is 3010. The molecular formula is C47H34N2. The smallest absolute Gasteiger partial charge is 0.114 e. The average Bonchev–Trinajstić information content (AvgIpc) is 3.64. The maximum atomic E-state index is 8.88. The first-order chi connectivity index (χ1) is 28.4. The van der Waals surface area contributed by atoms with E-state index in [1.165, 1.54) is 0 Å². The highest BCUT2D eigenvalue weighted by Crippen LogP contribution is 2.45. The van der Waals surface area contributed by atoms with Crippen molar-refractivity contribution in [1.82, 2.24) is 9.55 Å². The first-order valence-electron chi connectivity index (χ1n) is 21.2. The zero-order valence-electron chi connectivity index (χ0n) is 36.6. The highest BCUT2D eigenvalue weighted by Gasteiger charge is 2.18. The van der Waals surface area contributed by atoms with Gasteiger partial charge in [-0.05, 0) is 109 Å². The molecule has 1 aromatic heterocycles. The monoisotopic (exact) mass is 636 g/mol. The Morgan fingerprint density at radius 1 is 0.490 bits per heavy atom. The minimum Gasteiger partial charge on any atom is -0.296 e. The maximum absolute atomic E-state index is 8.88. The maximum Gasteiger partial charge on any atom is 0.114 e. The van der Waals surface area contributed by atoms with Crippen LogP contribution in [0.1, 0.15) is 26.5 Å². The number of fused-ring (bicyclic) bond motifs is 3. The fourth-order valence-electron chi connectivity index (χ4n) is 6.98. The standard InChI is InChI=1S/C47H34N2/c1-2-45-48-43-23-13-14-24-44(43)49(45)38-27-25-34(26-28-38)46-39-19-9-11-21-41(39)47(42-22-12-10-20-40(42)46)37-30-35(32-15-5-3-6-16-32)29-36(31-37)33-17-7-4-8-18-33/h3-31H,2H2,1H3/i3D,4D,5D,6D,7D,8D,15D,16D,17D,18D. The van der Waals surface area contributed by atoms with Gasteiger partial charge in [0, 0.05) is 12.1 Å².